The largest absolute Gasteiger partial charge is 0.497 e. The Labute approximate surface area is 110 Å². The Balaban J connectivity index is 1.75. The second-order valence-corrected chi connectivity index (χ2v) is 5.28. The molecule has 2 rings (SSSR count). The van der Waals surface area contributed by atoms with Crippen molar-refractivity contribution in [2.45, 2.75) is 31.8 Å². The molecule has 2 unspecified atom stereocenters. The summed E-state index contributed by atoms with van der Waals surface area (Å²) in [5, 5.41) is 3.65. The van der Waals surface area contributed by atoms with Crippen LogP contribution in [0.3, 0.4) is 0 Å². The lowest BCUT2D eigenvalue weighted by Crippen LogP contribution is -2.32. The van der Waals surface area contributed by atoms with Crippen molar-refractivity contribution in [1.82, 2.24) is 10.2 Å². The third-order valence-electron chi connectivity index (χ3n) is 3.87. The molecule has 0 aliphatic carbocycles. The van der Waals surface area contributed by atoms with Gasteiger partial charge in [-0.3, -0.25) is 0 Å². The Morgan fingerprint density at radius 3 is 2.94 bits per heavy atom. The molecule has 100 valence electrons. The maximum Gasteiger partial charge on any atom is 0.119 e. The second kappa shape index (κ2) is 6.21. The number of ether oxygens (including phenoxy) is 1. The Morgan fingerprint density at radius 1 is 1.44 bits per heavy atom. The van der Waals surface area contributed by atoms with Crippen molar-refractivity contribution < 1.29 is 4.74 Å². The van der Waals surface area contributed by atoms with E-state index in [0.29, 0.717) is 12.1 Å². The van der Waals surface area contributed by atoms with E-state index in [1.807, 2.05) is 6.07 Å². The van der Waals surface area contributed by atoms with Crippen LogP contribution in [0.2, 0.25) is 0 Å². The Bertz CT molecular complexity index is 371. The van der Waals surface area contributed by atoms with Crippen LogP contribution in [0.1, 0.15) is 18.9 Å². The molecule has 0 aromatic heterocycles. The highest BCUT2D eigenvalue weighted by molar-refractivity contribution is 5.28. The van der Waals surface area contributed by atoms with Gasteiger partial charge in [0.05, 0.1) is 7.11 Å². The predicted octanol–water partition coefficient (Wildman–Crippen LogP) is 1.92. The minimum atomic E-state index is 0.649. The summed E-state index contributed by atoms with van der Waals surface area (Å²) in [6.07, 6.45) is 2.32. The molecule has 0 saturated carbocycles. The molecule has 18 heavy (non-hydrogen) atoms. The van der Waals surface area contributed by atoms with E-state index in [-0.39, 0.29) is 0 Å². The number of nitrogens with zero attached hydrogens (tertiary/aromatic N) is 1. The first-order valence-electron chi connectivity index (χ1n) is 6.75. The first-order chi connectivity index (χ1) is 8.69. The van der Waals surface area contributed by atoms with Crippen LogP contribution in [0.25, 0.3) is 0 Å². The van der Waals surface area contributed by atoms with Gasteiger partial charge in [-0.05, 0) is 51.1 Å². The average molecular weight is 248 g/mol. The SMILES string of the molecule is COc1cccc(CCNC2CC(C)N(C)C2)c1. The number of likely N-dealkylation sites (tertiary alicyclic amines) is 1. The Hall–Kier alpha value is -1.06. The van der Waals surface area contributed by atoms with Gasteiger partial charge in [-0.25, -0.2) is 0 Å². The van der Waals surface area contributed by atoms with Gasteiger partial charge in [0.15, 0.2) is 0 Å². The lowest BCUT2D eigenvalue weighted by molar-refractivity contribution is 0.327. The molecule has 1 aliphatic rings. The van der Waals surface area contributed by atoms with Gasteiger partial charge in [0, 0.05) is 18.6 Å². The van der Waals surface area contributed by atoms with E-state index in [9.17, 15) is 0 Å². The van der Waals surface area contributed by atoms with Crippen molar-refractivity contribution >= 4 is 0 Å². The fraction of sp³-hybridized carbons (Fsp3) is 0.600. The normalized spacial score (nSPS) is 24.4. The number of nitrogens with one attached hydrogen (secondary N) is 1. The lowest BCUT2D eigenvalue weighted by atomic mass is 10.1. The van der Waals surface area contributed by atoms with Crippen molar-refractivity contribution in [2.24, 2.45) is 0 Å². The van der Waals surface area contributed by atoms with Crippen molar-refractivity contribution in [3.63, 3.8) is 0 Å². The van der Waals surface area contributed by atoms with Gasteiger partial charge in [-0.1, -0.05) is 12.1 Å². The molecular weight excluding hydrogens is 224 g/mol. The van der Waals surface area contributed by atoms with E-state index in [2.05, 4.69) is 42.4 Å². The zero-order valence-electron chi connectivity index (χ0n) is 11.6. The van der Waals surface area contributed by atoms with E-state index >= 15 is 0 Å². The molecule has 0 radical (unpaired) electrons. The van der Waals surface area contributed by atoms with E-state index < -0.39 is 0 Å². The van der Waals surface area contributed by atoms with Gasteiger partial charge in [-0.15, -0.1) is 0 Å². The van der Waals surface area contributed by atoms with E-state index in [0.717, 1.165) is 18.7 Å². The number of likely N-dealkylation sites (N-methyl/N-ethyl adjacent to an activating group) is 1. The maximum absolute atomic E-state index is 5.24. The summed E-state index contributed by atoms with van der Waals surface area (Å²) >= 11 is 0. The summed E-state index contributed by atoms with van der Waals surface area (Å²) in [7, 11) is 3.92. The van der Waals surface area contributed by atoms with Crippen LogP contribution < -0.4 is 10.1 Å². The van der Waals surface area contributed by atoms with Gasteiger partial charge in [0.2, 0.25) is 0 Å². The van der Waals surface area contributed by atoms with Crippen LogP contribution in [0.4, 0.5) is 0 Å². The topological polar surface area (TPSA) is 24.5 Å². The number of benzene rings is 1. The molecule has 1 aromatic carbocycles. The predicted molar refractivity (Wildman–Crippen MR) is 75.2 cm³/mol. The third kappa shape index (κ3) is 3.47. The van der Waals surface area contributed by atoms with Crippen LogP contribution in [0.15, 0.2) is 24.3 Å². The summed E-state index contributed by atoms with van der Waals surface area (Å²) in [4.78, 5) is 2.42. The van der Waals surface area contributed by atoms with Gasteiger partial charge in [0.25, 0.3) is 0 Å². The highest BCUT2D eigenvalue weighted by Gasteiger charge is 2.25. The fourth-order valence-electron chi connectivity index (χ4n) is 2.59. The Kier molecular flexibility index (Phi) is 4.61. The first kappa shape index (κ1) is 13.4. The lowest BCUT2D eigenvalue weighted by Gasteiger charge is -2.13. The van der Waals surface area contributed by atoms with Gasteiger partial charge in [-0.2, -0.15) is 0 Å². The zero-order valence-corrected chi connectivity index (χ0v) is 11.6. The summed E-state index contributed by atoms with van der Waals surface area (Å²) in [6, 6.07) is 9.68. The van der Waals surface area contributed by atoms with Crippen LogP contribution >= 0.6 is 0 Å². The Morgan fingerprint density at radius 2 is 2.28 bits per heavy atom. The summed E-state index contributed by atoms with van der Waals surface area (Å²) < 4.78 is 5.24. The second-order valence-electron chi connectivity index (χ2n) is 5.28. The summed E-state index contributed by atoms with van der Waals surface area (Å²) in [6.45, 7) is 4.50. The van der Waals surface area contributed by atoms with Gasteiger partial charge < -0.3 is 15.0 Å². The smallest absolute Gasteiger partial charge is 0.119 e. The van der Waals surface area contributed by atoms with Crippen LogP contribution in [0, 0.1) is 0 Å². The summed E-state index contributed by atoms with van der Waals surface area (Å²) in [5.74, 6) is 0.946. The highest BCUT2D eigenvalue weighted by Crippen LogP contribution is 2.15. The molecule has 2 atom stereocenters. The van der Waals surface area contributed by atoms with Crippen molar-refractivity contribution in [1.29, 1.82) is 0 Å². The van der Waals surface area contributed by atoms with Gasteiger partial charge >= 0.3 is 0 Å². The standard InChI is InChI=1S/C15H24N2O/c1-12-9-14(11-17(12)2)16-8-7-13-5-4-6-15(10-13)18-3/h4-6,10,12,14,16H,7-9,11H2,1-3H3. The minimum absolute atomic E-state index is 0.649. The molecule has 1 heterocycles. The first-order valence-corrected chi connectivity index (χ1v) is 6.75. The minimum Gasteiger partial charge on any atom is -0.497 e. The van der Waals surface area contributed by atoms with Crippen molar-refractivity contribution in [3.8, 4) is 5.75 Å². The monoisotopic (exact) mass is 248 g/mol. The zero-order chi connectivity index (χ0) is 13.0. The molecule has 0 spiro atoms. The molecule has 1 saturated heterocycles. The number of hydrogen-bond donors (Lipinski definition) is 1. The maximum atomic E-state index is 5.24. The van der Waals surface area contributed by atoms with Crippen molar-refractivity contribution in [3.05, 3.63) is 29.8 Å². The number of methoxy groups -OCH3 is 1. The fourth-order valence-corrected chi connectivity index (χ4v) is 2.59. The highest BCUT2D eigenvalue weighted by atomic mass is 16.5. The van der Waals surface area contributed by atoms with Gasteiger partial charge in [0.1, 0.15) is 5.75 Å². The van der Waals surface area contributed by atoms with E-state index in [1.54, 1.807) is 7.11 Å². The molecule has 1 fully saturated rings. The molecular formula is C15H24N2O. The molecule has 1 aliphatic heterocycles. The van der Waals surface area contributed by atoms with E-state index in [1.165, 1.54) is 18.5 Å². The van der Waals surface area contributed by atoms with Crippen LogP contribution in [0.5, 0.6) is 5.75 Å². The van der Waals surface area contributed by atoms with E-state index in [4.69, 9.17) is 4.74 Å². The van der Waals surface area contributed by atoms with Crippen molar-refractivity contribution in [2.75, 3.05) is 27.2 Å². The number of hydrogen-bond acceptors (Lipinski definition) is 3. The van der Waals surface area contributed by atoms with Crippen LogP contribution in [-0.2, 0) is 6.42 Å². The number of rotatable bonds is 5. The molecule has 3 heteroatoms. The molecule has 1 N–H and O–H groups in total. The molecule has 1 aromatic rings. The van der Waals surface area contributed by atoms with Crippen LogP contribution in [-0.4, -0.2) is 44.2 Å². The molecule has 0 amide bonds. The third-order valence-corrected chi connectivity index (χ3v) is 3.87. The average Bonchev–Trinajstić information content (AvgIpc) is 2.69. The quantitative estimate of drug-likeness (QED) is 0.861. The molecule has 0 bridgehead atoms. The summed E-state index contributed by atoms with van der Waals surface area (Å²) in [5.41, 5.74) is 1.33. The molecule has 3 nitrogen and oxygen atoms in total.